The molecular weight excluding hydrogens is 238 g/mol. The van der Waals surface area contributed by atoms with Crippen LogP contribution in [0, 0.1) is 22.7 Å². The van der Waals surface area contributed by atoms with Gasteiger partial charge in [0.05, 0.1) is 6.10 Å². The Bertz CT molecular complexity index is 392. The van der Waals surface area contributed by atoms with Gasteiger partial charge in [-0.05, 0) is 48.9 Å². The molecule has 0 aromatic rings. The molecule has 1 saturated heterocycles. The number of nitrogens with one attached hydrogen (secondary N) is 1. The van der Waals surface area contributed by atoms with Gasteiger partial charge < -0.3 is 10.1 Å². The molecule has 3 rings (SSSR count). The quantitative estimate of drug-likeness (QED) is 0.833. The number of fused-ring (bicyclic) bond motifs is 1. The van der Waals surface area contributed by atoms with Gasteiger partial charge in [0.1, 0.15) is 0 Å². The van der Waals surface area contributed by atoms with Gasteiger partial charge in [0, 0.05) is 19.1 Å². The smallest absolute Gasteiger partial charge is 0.219 e. The normalized spacial score (nSPS) is 46.9. The zero-order chi connectivity index (χ0) is 13.8. The van der Waals surface area contributed by atoms with Crippen molar-refractivity contribution < 1.29 is 9.53 Å². The van der Waals surface area contributed by atoms with Crippen LogP contribution < -0.4 is 5.32 Å². The molecule has 0 aromatic carbocycles. The minimum absolute atomic E-state index is 0.206. The Labute approximate surface area is 116 Å². The molecule has 5 atom stereocenters. The van der Waals surface area contributed by atoms with Crippen LogP contribution in [-0.2, 0) is 9.53 Å². The van der Waals surface area contributed by atoms with E-state index in [9.17, 15) is 4.79 Å². The Morgan fingerprint density at radius 1 is 1.42 bits per heavy atom. The lowest BCUT2D eigenvalue weighted by atomic mass is 9.59. The van der Waals surface area contributed by atoms with Crippen LogP contribution in [0.3, 0.4) is 0 Å². The van der Waals surface area contributed by atoms with Crippen molar-refractivity contribution >= 4 is 5.91 Å². The summed E-state index contributed by atoms with van der Waals surface area (Å²) in [7, 11) is 0. The molecule has 1 aliphatic heterocycles. The number of rotatable bonds is 2. The van der Waals surface area contributed by atoms with Crippen molar-refractivity contribution in [3.63, 3.8) is 0 Å². The van der Waals surface area contributed by atoms with Crippen molar-refractivity contribution in [2.24, 2.45) is 22.7 Å². The van der Waals surface area contributed by atoms with E-state index in [1.807, 2.05) is 6.92 Å². The molecule has 1 heterocycles. The number of carbonyl (C=O) groups is 1. The first-order valence-electron chi connectivity index (χ1n) is 7.83. The van der Waals surface area contributed by atoms with E-state index in [4.69, 9.17) is 4.74 Å². The fraction of sp³-hybridized carbons (Fsp3) is 0.938. The second-order valence-electron chi connectivity index (χ2n) is 7.48. The Morgan fingerprint density at radius 2 is 2.16 bits per heavy atom. The molecule has 1 amide bonds. The van der Waals surface area contributed by atoms with Gasteiger partial charge in [0.25, 0.3) is 0 Å². The molecule has 2 aliphatic carbocycles. The third-order valence-electron chi connectivity index (χ3n) is 6.42. The molecule has 1 N–H and O–H groups in total. The van der Waals surface area contributed by atoms with E-state index in [1.54, 1.807) is 0 Å². The zero-order valence-corrected chi connectivity index (χ0v) is 12.7. The van der Waals surface area contributed by atoms with Crippen molar-refractivity contribution in [3.8, 4) is 0 Å². The average molecular weight is 265 g/mol. The standard InChI is InChI=1S/C16H27NO2/c1-5-13(18)17-14-15(3,4)11-8-12-10(2)19-7-6-16(12,14)9-11/h10-12,14H,5-9H2,1-4H3,(H,17,18)/t10-,11-,12-,14+,16-/m1/s1. The third-order valence-corrected chi connectivity index (χ3v) is 6.42. The fourth-order valence-corrected chi connectivity index (χ4v) is 5.34. The van der Waals surface area contributed by atoms with E-state index in [0.717, 1.165) is 18.9 Å². The summed E-state index contributed by atoms with van der Waals surface area (Å²) >= 11 is 0. The second kappa shape index (κ2) is 4.21. The maximum Gasteiger partial charge on any atom is 0.219 e. The van der Waals surface area contributed by atoms with E-state index in [0.29, 0.717) is 29.9 Å². The maximum atomic E-state index is 11.9. The van der Waals surface area contributed by atoms with Crippen LogP contribution in [0.5, 0.6) is 0 Å². The topological polar surface area (TPSA) is 38.3 Å². The molecule has 3 aliphatic rings. The first-order chi connectivity index (χ1) is 8.91. The maximum absolute atomic E-state index is 11.9. The molecule has 3 heteroatoms. The fourth-order valence-electron chi connectivity index (χ4n) is 5.34. The van der Waals surface area contributed by atoms with Crippen LogP contribution in [0.15, 0.2) is 0 Å². The van der Waals surface area contributed by atoms with Gasteiger partial charge >= 0.3 is 0 Å². The van der Waals surface area contributed by atoms with Gasteiger partial charge in [0.15, 0.2) is 0 Å². The largest absolute Gasteiger partial charge is 0.378 e. The predicted octanol–water partition coefficient (Wildman–Crippen LogP) is 2.74. The number of carbonyl (C=O) groups excluding carboxylic acids is 1. The van der Waals surface area contributed by atoms with Crippen LogP contribution >= 0.6 is 0 Å². The van der Waals surface area contributed by atoms with Crippen LogP contribution in [0.1, 0.15) is 53.4 Å². The highest BCUT2D eigenvalue weighted by atomic mass is 16.5. The minimum Gasteiger partial charge on any atom is -0.378 e. The highest BCUT2D eigenvalue weighted by Gasteiger charge is 2.67. The lowest BCUT2D eigenvalue weighted by Crippen LogP contribution is -2.59. The number of hydrogen-bond donors (Lipinski definition) is 1. The Balaban J connectivity index is 1.93. The summed E-state index contributed by atoms with van der Waals surface area (Å²) in [6.07, 6.45) is 4.64. The van der Waals surface area contributed by atoms with Crippen molar-refractivity contribution in [1.29, 1.82) is 0 Å². The van der Waals surface area contributed by atoms with Gasteiger partial charge in [0.2, 0.25) is 5.91 Å². The van der Waals surface area contributed by atoms with Crippen molar-refractivity contribution in [2.45, 2.75) is 65.5 Å². The second-order valence-corrected chi connectivity index (χ2v) is 7.48. The zero-order valence-electron chi connectivity index (χ0n) is 12.7. The number of hydrogen-bond acceptors (Lipinski definition) is 2. The summed E-state index contributed by atoms with van der Waals surface area (Å²) < 4.78 is 5.87. The van der Waals surface area contributed by atoms with E-state index >= 15 is 0 Å². The van der Waals surface area contributed by atoms with Gasteiger partial charge in [-0.25, -0.2) is 0 Å². The number of ether oxygens (including phenoxy) is 1. The third kappa shape index (κ3) is 1.70. The lowest BCUT2D eigenvalue weighted by molar-refractivity contribution is -0.133. The van der Waals surface area contributed by atoms with Crippen LogP contribution in [0.4, 0.5) is 0 Å². The molecule has 19 heavy (non-hydrogen) atoms. The van der Waals surface area contributed by atoms with E-state index in [2.05, 4.69) is 26.1 Å². The first-order valence-corrected chi connectivity index (χ1v) is 7.83. The molecule has 3 nitrogen and oxygen atoms in total. The van der Waals surface area contributed by atoms with Crippen LogP contribution in [0.25, 0.3) is 0 Å². The number of amides is 1. The first kappa shape index (κ1) is 13.4. The monoisotopic (exact) mass is 265 g/mol. The molecule has 108 valence electrons. The SMILES string of the molecule is CCC(=O)N[C@H]1C(C)(C)[C@@H]2C[C@@H]3[C@@H](C)OCC[C@@]31C2. The average Bonchev–Trinajstić information content (AvgIpc) is 2.84. The molecule has 0 radical (unpaired) electrons. The molecule has 2 bridgehead atoms. The van der Waals surface area contributed by atoms with Crippen LogP contribution in [0.2, 0.25) is 0 Å². The molecule has 0 unspecified atom stereocenters. The molecule has 1 spiro atoms. The van der Waals surface area contributed by atoms with Gasteiger partial charge in [-0.2, -0.15) is 0 Å². The molecular formula is C16H27NO2. The summed E-state index contributed by atoms with van der Waals surface area (Å²) in [6, 6.07) is 0.336. The lowest BCUT2D eigenvalue weighted by Gasteiger charge is -2.52. The molecule has 0 aromatic heterocycles. The Kier molecular flexibility index (Phi) is 2.97. The highest BCUT2D eigenvalue weighted by molar-refractivity contribution is 5.76. The summed E-state index contributed by atoms with van der Waals surface area (Å²) in [4.78, 5) is 11.9. The van der Waals surface area contributed by atoms with Gasteiger partial charge in [-0.3, -0.25) is 4.79 Å². The van der Waals surface area contributed by atoms with Gasteiger partial charge in [-0.15, -0.1) is 0 Å². The Hall–Kier alpha value is -0.570. The predicted molar refractivity (Wildman–Crippen MR) is 74.7 cm³/mol. The van der Waals surface area contributed by atoms with Crippen LogP contribution in [-0.4, -0.2) is 24.7 Å². The summed E-state index contributed by atoms with van der Waals surface area (Å²) in [5, 5.41) is 3.37. The minimum atomic E-state index is 0.206. The van der Waals surface area contributed by atoms with Crippen molar-refractivity contribution in [3.05, 3.63) is 0 Å². The molecule has 3 fully saturated rings. The summed E-state index contributed by atoms with van der Waals surface area (Å²) in [6.45, 7) is 9.72. The Morgan fingerprint density at radius 3 is 2.84 bits per heavy atom. The van der Waals surface area contributed by atoms with E-state index in [-0.39, 0.29) is 11.3 Å². The van der Waals surface area contributed by atoms with Gasteiger partial charge in [-0.1, -0.05) is 20.8 Å². The molecule has 2 saturated carbocycles. The van der Waals surface area contributed by atoms with Crippen molar-refractivity contribution in [1.82, 2.24) is 5.32 Å². The van der Waals surface area contributed by atoms with Crippen molar-refractivity contribution in [2.75, 3.05) is 6.61 Å². The van der Waals surface area contributed by atoms with E-state index in [1.165, 1.54) is 12.8 Å². The highest BCUT2D eigenvalue weighted by Crippen LogP contribution is 2.68. The van der Waals surface area contributed by atoms with E-state index < -0.39 is 0 Å². The summed E-state index contributed by atoms with van der Waals surface area (Å²) in [5.41, 5.74) is 0.537. The summed E-state index contributed by atoms with van der Waals surface area (Å²) in [5.74, 6) is 1.59.